The van der Waals surface area contributed by atoms with Crippen molar-refractivity contribution in [3.8, 4) is 0 Å². The van der Waals surface area contributed by atoms with Crippen LogP contribution in [0.15, 0.2) is 18.2 Å². The first kappa shape index (κ1) is 27.5. The summed E-state index contributed by atoms with van der Waals surface area (Å²) in [4.78, 5) is 39.8. The van der Waals surface area contributed by atoms with Gasteiger partial charge in [0.1, 0.15) is 5.82 Å². The van der Waals surface area contributed by atoms with E-state index in [1.54, 1.807) is 33.8 Å². The maximum atomic E-state index is 14.6. The Kier molecular flexibility index (Phi) is 8.93. The Hall–Kier alpha value is -1.70. The number of Topliss-reactive ketones (excluding diaryl/α,β-unsaturated/α-hetero) is 1. The van der Waals surface area contributed by atoms with Crippen LogP contribution in [0.3, 0.4) is 0 Å². The lowest BCUT2D eigenvalue weighted by Crippen LogP contribution is -2.53. The van der Waals surface area contributed by atoms with Crippen molar-refractivity contribution in [1.29, 1.82) is 0 Å². The highest BCUT2D eigenvalue weighted by molar-refractivity contribution is 6.30. The number of nitrogens with one attached hydrogen (secondary N) is 1. The topological polar surface area (TPSA) is 81.7 Å². The molecule has 0 radical (unpaired) electrons. The number of carbonyl (C=O) groups excluding carboxylic acids is 3. The zero-order valence-corrected chi connectivity index (χ0v) is 21.0. The summed E-state index contributed by atoms with van der Waals surface area (Å²) in [6.45, 7) is 7.38. The molecule has 1 aromatic carbocycles. The van der Waals surface area contributed by atoms with Crippen molar-refractivity contribution in [2.24, 2.45) is 17.3 Å². The number of ketones is 1. The zero-order chi connectivity index (χ0) is 23.7. The van der Waals surface area contributed by atoms with Gasteiger partial charge in [-0.1, -0.05) is 25.4 Å². The highest BCUT2D eigenvalue weighted by atomic mass is 35.5. The number of rotatable bonds is 10. The number of esters is 2. The second-order valence-corrected chi connectivity index (χ2v) is 9.01. The van der Waals surface area contributed by atoms with Gasteiger partial charge in [0, 0.05) is 22.9 Å². The van der Waals surface area contributed by atoms with Crippen LogP contribution in [0.2, 0.25) is 5.02 Å². The van der Waals surface area contributed by atoms with E-state index in [9.17, 15) is 18.8 Å². The van der Waals surface area contributed by atoms with E-state index < -0.39 is 34.7 Å². The summed E-state index contributed by atoms with van der Waals surface area (Å²) in [6, 6.07) is 3.88. The summed E-state index contributed by atoms with van der Waals surface area (Å²) in [5.74, 6) is -3.09. The number of hydrogen-bond donors (Lipinski definition) is 1. The molecule has 1 N–H and O–H groups in total. The summed E-state index contributed by atoms with van der Waals surface area (Å²) < 4.78 is 25.1. The van der Waals surface area contributed by atoms with Gasteiger partial charge >= 0.3 is 11.9 Å². The summed E-state index contributed by atoms with van der Waals surface area (Å²) in [6.07, 6.45) is 0.996. The molecule has 1 saturated heterocycles. The molecule has 1 aliphatic carbocycles. The number of carbonyl (C=O) groups is 3. The molecule has 1 aliphatic heterocycles. The maximum absolute atomic E-state index is 14.6. The van der Waals surface area contributed by atoms with E-state index in [2.05, 4.69) is 5.32 Å². The molecule has 2 aliphatic rings. The van der Waals surface area contributed by atoms with Crippen molar-refractivity contribution < 1.29 is 28.2 Å². The molecule has 0 amide bonds. The lowest BCUT2D eigenvalue weighted by molar-refractivity contribution is -0.179. The molecule has 0 aromatic heterocycles. The Morgan fingerprint density at radius 2 is 1.79 bits per heavy atom. The molecule has 1 heterocycles. The van der Waals surface area contributed by atoms with E-state index in [4.69, 9.17) is 21.1 Å². The highest BCUT2D eigenvalue weighted by Gasteiger charge is 2.67. The second-order valence-electron chi connectivity index (χ2n) is 8.58. The molecule has 6 nitrogen and oxygen atoms in total. The van der Waals surface area contributed by atoms with Crippen molar-refractivity contribution in [1.82, 2.24) is 5.32 Å². The van der Waals surface area contributed by atoms with Crippen molar-refractivity contribution in [2.45, 2.75) is 58.4 Å². The fourth-order valence-corrected chi connectivity index (χ4v) is 5.59. The molecule has 3 rings (SSSR count). The number of ether oxygens (including phenoxy) is 2. The molecule has 9 heteroatoms. The summed E-state index contributed by atoms with van der Waals surface area (Å²) in [5, 5.41) is 3.67. The van der Waals surface area contributed by atoms with Gasteiger partial charge < -0.3 is 14.8 Å². The minimum Gasteiger partial charge on any atom is -0.465 e. The SMILES string of the molecule is CCOC(=O)C(CC)(C(=O)OCC)C(CC)C(=O)C1NC[C@@]2(c3cc(Cl)ccc3F)C[C@@H]12.Cl. The molecule has 1 aromatic rings. The van der Waals surface area contributed by atoms with Crippen LogP contribution in [0.25, 0.3) is 0 Å². The second kappa shape index (κ2) is 10.7. The van der Waals surface area contributed by atoms with Gasteiger partial charge in [0.2, 0.25) is 0 Å². The Morgan fingerprint density at radius 1 is 1.18 bits per heavy atom. The number of hydrogen-bond acceptors (Lipinski definition) is 6. The van der Waals surface area contributed by atoms with Crippen molar-refractivity contribution >= 4 is 41.7 Å². The number of piperidine rings is 1. The average molecular weight is 504 g/mol. The minimum atomic E-state index is -1.71. The third kappa shape index (κ3) is 4.52. The van der Waals surface area contributed by atoms with Gasteiger partial charge in [0.25, 0.3) is 0 Å². The fraction of sp³-hybridized carbons (Fsp3) is 0.625. The van der Waals surface area contributed by atoms with Gasteiger partial charge in [-0.2, -0.15) is 0 Å². The van der Waals surface area contributed by atoms with Crippen LogP contribution in [0.4, 0.5) is 4.39 Å². The van der Waals surface area contributed by atoms with E-state index in [-0.39, 0.29) is 56.0 Å². The van der Waals surface area contributed by atoms with Crippen LogP contribution in [0.1, 0.15) is 52.5 Å². The van der Waals surface area contributed by atoms with Crippen LogP contribution >= 0.6 is 24.0 Å². The lowest BCUT2D eigenvalue weighted by atomic mass is 9.68. The Labute approximate surface area is 205 Å². The molecule has 4 atom stereocenters. The standard InChI is InChI=1S/C24H31ClFNO5.ClH/c1-5-15(24(6-2,21(29)31-7-3)22(30)32-8-4)20(28)19-17-12-23(17,13-27-19)16-11-14(25)9-10-18(16)26;/h9-11,15,17,19,27H,5-8,12-13H2,1-4H3;1H/t15?,17-,19?,23+;/m0./s1. The minimum absolute atomic E-state index is 0. The van der Waals surface area contributed by atoms with E-state index >= 15 is 0 Å². The van der Waals surface area contributed by atoms with E-state index in [1.807, 2.05) is 0 Å². The Morgan fingerprint density at radius 3 is 2.27 bits per heavy atom. The summed E-state index contributed by atoms with van der Waals surface area (Å²) in [5.41, 5.74) is -1.71. The molecule has 2 unspecified atom stereocenters. The largest absolute Gasteiger partial charge is 0.465 e. The van der Waals surface area contributed by atoms with Gasteiger partial charge in [-0.05, 0) is 62.8 Å². The highest BCUT2D eigenvalue weighted by Crippen LogP contribution is 2.60. The van der Waals surface area contributed by atoms with Gasteiger partial charge in [-0.25, -0.2) is 4.39 Å². The van der Waals surface area contributed by atoms with Crippen molar-refractivity contribution in [3.63, 3.8) is 0 Å². The normalized spacial score (nSPS) is 24.3. The number of benzene rings is 1. The van der Waals surface area contributed by atoms with Crippen molar-refractivity contribution in [2.75, 3.05) is 19.8 Å². The fourth-order valence-electron chi connectivity index (χ4n) is 5.42. The number of halogens is 3. The van der Waals surface area contributed by atoms with Gasteiger partial charge in [0.15, 0.2) is 11.2 Å². The average Bonchev–Trinajstić information content (AvgIpc) is 3.38. The molecular weight excluding hydrogens is 472 g/mol. The predicted octanol–water partition coefficient (Wildman–Crippen LogP) is 4.25. The Balaban J connectivity index is 0.00000385. The summed E-state index contributed by atoms with van der Waals surface area (Å²) in [7, 11) is 0. The summed E-state index contributed by atoms with van der Waals surface area (Å²) >= 11 is 6.10. The van der Waals surface area contributed by atoms with E-state index in [1.165, 1.54) is 12.1 Å². The molecule has 2 fully saturated rings. The van der Waals surface area contributed by atoms with Gasteiger partial charge in [-0.3, -0.25) is 14.4 Å². The predicted molar refractivity (Wildman–Crippen MR) is 125 cm³/mol. The first-order valence-electron chi connectivity index (χ1n) is 11.3. The monoisotopic (exact) mass is 503 g/mol. The van der Waals surface area contributed by atoms with Crippen LogP contribution in [-0.2, 0) is 29.3 Å². The lowest BCUT2D eigenvalue weighted by Gasteiger charge is -2.35. The molecule has 1 saturated carbocycles. The third-order valence-corrected chi connectivity index (χ3v) is 7.36. The molecule has 0 bridgehead atoms. The quantitative estimate of drug-likeness (QED) is 0.379. The van der Waals surface area contributed by atoms with E-state index in [0.29, 0.717) is 23.6 Å². The van der Waals surface area contributed by atoms with Crippen LogP contribution in [0.5, 0.6) is 0 Å². The van der Waals surface area contributed by atoms with Crippen LogP contribution in [-0.4, -0.2) is 43.5 Å². The third-order valence-electron chi connectivity index (χ3n) is 7.13. The van der Waals surface area contributed by atoms with Crippen LogP contribution in [0, 0.1) is 23.1 Å². The van der Waals surface area contributed by atoms with Gasteiger partial charge in [0.05, 0.1) is 19.3 Å². The number of fused-ring (bicyclic) bond motifs is 1. The zero-order valence-electron chi connectivity index (χ0n) is 19.4. The van der Waals surface area contributed by atoms with E-state index in [0.717, 1.165) is 0 Å². The molecule has 0 spiro atoms. The van der Waals surface area contributed by atoms with Gasteiger partial charge in [-0.15, -0.1) is 12.4 Å². The Bertz CT molecular complexity index is 893. The van der Waals surface area contributed by atoms with Crippen LogP contribution < -0.4 is 5.32 Å². The molecule has 33 heavy (non-hydrogen) atoms. The first-order valence-corrected chi connectivity index (χ1v) is 11.7. The molecular formula is C24H32Cl2FNO5. The smallest absolute Gasteiger partial charge is 0.324 e. The molecule has 184 valence electrons. The van der Waals surface area contributed by atoms with Crippen molar-refractivity contribution in [3.05, 3.63) is 34.6 Å². The first-order chi connectivity index (χ1) is 15.2. The maximum Gasteiger partial charge on any atom is 0.324 e.